The summed E-state index contributed by atoms with van der Waals surface area (Å²) in [6.45, 7) is 8.91. The van der Waals surface area contributed by atoms with E-state index in [1.54, 1.807) is 35.1 Å². The number of hydrogen-bond acceptors (Lipinski definition) is 9. The molecule has 0 spiro atoms. The predicted octanol–water partition coefficient (Wildman–Crippen LogP) is 4.49. The minimum absolute atomic E-state index is 0.0266. The molecule has 0 atom stereocenters. The van der Waals surface area contributed by atoms with Gasteiger partial charge in [-0.15, -0.1) is 5.10 Å². The molecule has 4 aromatic rings. The van der Waals surface area contributed by atoms with Crippen molar-refractivity contribution in [2.75, 3.05) is 26.2 Å². The van der Waals surface area contributed by atoms with Gasteiger partial charge in [0.25, 0.3) is 0 Å². The van der Waals surface area contributed by atoms with Gasteiger partial charge in [-0.25, -0.2) is 14.6 Å². The molecular formula is C36H45F3N8O5. The van der Waals surface area contributed by atoms with Gasteiger partial charge in [0.2, 0.25) is 5.91 Å². The topological polar surface area (TPSA) is 172 Å². The monoisotopic (exact) mass is 726 g/mol. The Morgan fingerprint density at radius 3 is 1.96 bits per heavy atom. The van der Waals surface area contributed by atoms with Crippen LogP contribution in [0.3, 0.4) is 0 Å². The number of carboxylic acid groups (broad SMARTS) is 1. The van der Waals surface area contributed by atoms with E-state index < -0.39 is 17.7 Å². The van der Waals surface area contributed by atoms with E-state index in [1.165, 1.54) is 28.2 Å². The number of piperidine rings is 2. The highest BCUT2D eigenvalue weighted by Crippen LogP contribution is 2.32. The lowest BCUT2D eigenvalue weighted by Crippen LogP contribution is -2.39. The van der Waals surface area contributed by atoms with E-state index >= 15 is 0 Å². The molecule has 280 valence electrons. The number of nitrogens with zero attached hydrogens (tertiary/aromatic N) is 7. The Hall–Kier alpha value is -4.93. The Balaban J connectivity index is 0.000000197. The van der Waals surface area contributed by atoms with Crippen molar-refractivity contribution in [3.8, 4) is 22.8 Å². The predicted molar refractivity (Wildman–Crippen MR) is 188 cm³/mol. The van der Waals surface area contributed by atoms with Crippen molar-refractivity contribution in [3.05, 3.63) is 77.4 Å². The number of likely N-dealkylation sites (tertiary alicyclic amines) is 1. The van der Waals surface area contributed by atoms with Crippen LogP contribution in [0, 0.1) is 20.8 Å². The molecule has 2 aliphatic rings. The summed E-state index contributed by atoms with van der Waals surface area (Å²) < 4.78 is 41.1. The van der Waals surface area contributed by atoms with Gasteiger partial charge in [-0.2, -0.15) is 18.3 Å². The Labute approximate surface area is 299 Å². The highest BCUT2D eigenvalue weighted by molar-refractivity contribution is 5.90. The molecule has 52 heavy (non-hydrogen) atoms. The summed E-state index contributed by atoms with van der Waals surface area (Å²) in [4.78, 5) is 32.6. The zero-order chi connectivity index (χ0) is 37.8. The molecule has 0 saturated carbocycles. The molecule has 2 aromatic heterocycles. The minimum Gasteiger partial charge on any atom is -0.481 e. The van der Waals surface area contributed by atoms with Gasteiger partial charge < -0.3 is 25.5 Å². The maximum Gasteiger partial charge on any atom is 0.416 e. The molecule has 13 nitrogen and oxygen atoms in total. The van der Waals surface area contributed by atoms with Gasteiger partial charge in [-0.3, -0.25) is 14.3 Å². The van der Waals surface area contributed by atoms with E-state index in [0.29, 0.717) is 37.3 Å². The first-order valence-electron chi connectivity index (χ1n) is 17.0. The van der Waals surface area contributed by atoms with E-state index in [-0.39, 0.29) is 42.5 Å². The number of carbonyl (C=O) groups excluding carboxylic acids is 1. The quantitative estimate of drug-likeness (QED) is 0.199. The van der Waals surface area contributed by atoms with Crippen molar-refractivity contribution in [1.82, 2.24) is 39.7 Å². The fourth-order valence-electron chi connectivity index (χ4n) is 5.54. The second-order valence-corrected chi connectivity index (χ2v) is 12.8. The highest BCUT2D eigenvalue weighted by Gasteiger charge is 2.31. The molecule has 2 fully saturated rings. The van der Waals surface area contributed by atoms with E-state index in [1.807, 2.05) is 26.0 Å². The molecule has 1 amide bonds. The van der Waals surface area contributed by atoms with Gasteiger partial charge in [-0.1, -0.05) is 17.2 Å². The van der Waals surface area contributed by atoms with Crippen molar-refractivity contribution in [3.63, 3.8) is 0 Å². The molecule has 6 rings (SSSR count). The summed E-state index contributed by atoms with van der Waals surface area (Å²) in [5, 5.41) is 38.5. The van der Waals surface area contributed by atoms with Gasteiger partial charge in [0.1, 0.15) is 12.7 Å². The molecule has 0 aliphatic carbocycles. The summed E-state index contributed by atoms with van der Waals surface area (Å²) >= 11 is 0. The number of halogens is 3. The molecule has 4 N–H and O–H groups in total. The Bertz CT molecular complexity index is 1790. The van der Waals surface area contributed by atoms with Crippen LogP contribution in [0.2, 0.25) is 0 Å². The van der Waals surface area contributed by atoms with Crippen LogP contribution >= 0.6 is 0 Å². The van der Waals surface area contributed by atoms with Crippen LogP contribution in [0.15, 0.2) is 55.1 Å². The van der Waals surface area contributed by atoms with Crippen LogP contribution in [-0.4, -0.2) is 100 Å². The van der Waals surface area contributed by atoms with Crippen LogP contribution < -0.4 is 5.32 Å². The summed E-state index contributed by atoms with van der Waals surface area (Å²) in [6.07, 6.45) is 4.26. The van der Waals surface area contributed by atoms with E-state index in [2.05, 4.69) is 31.5 Å². The Kier molecular flexibility index (Phi) is 14.2. The SMILES string of the molecule is Cc1cc(-c2ncn(CCC(=O)O)n2)cc(C(F)(F)F)c1.Cc1cc(C)cc(-c2ncn(/C=C\C(=O)N3CCC(O)CC3)n2)c1.OC1CCNCC1. The second-order valence-electron chi connectivity index (χ2n) is 12.8. The summed E-state index contributed by atoms with van der Waals surface area (Å²) in [5.41, 5.74) is 3.23. The molecule has 2 aliphatic heterocycles. The number of rotatable bonds is 7. The first kappa shape index (κ1) is 39.8. The largest absolute Gasteiger partial charge is 0.481 e. The molecule has 0 unspecified atom stereocenters. The number of carboxylic acids is 1. The third kappa shape index (κ3) is 12.7. The maximum atomic E-state index is 12.8. The maximum absolute atomic E-state index is 12.8. The fraction of sp³-hybridized carbons (Fsp3) is 0.444. The number of aliphatic hydroxyl groups is 2. The number of aromatic nitrogens is 6. The summed E-state index contributed by atoms with van der Waals surface area (Å²) in [5.74, 6) is -0.276. The van der Waals surface area contributed by atoms with Gasteiger partial charge >= 0.3 is 12.1 Å². The van der Waals surface area contributed by atoms with Gasteiger partial charge in [-0.05, 0) is 95.4 Å². The molecule has 2 saturated heterocycles. The Morgan fingerprint density at radius 1 is 0.827 bits per heavy atom. The number of benzene rings is 2. The molecule has 4 heterocycles. The van der Waals surface area contributed by atoms with Crippen molar-refractivity contribution >= 4 is 18.1 Å². The molecule has 16 heteroatoms. The Morgan fingerprint density at radius 2 is 1.38 bits per heavy atom. The normalized spacial score (nSPS) is 15.5. The molecule has 2 aromatic carbocycles. The number of amides is 1. The van der Waals surface area contributed by atoms with Crippen LogP contribution in [-0.2, 0) is 22.3 Å². The number of aliphatic hydroxyl groups excluding tert-OH is 2. The molecular weight excluding hydrogens is 681 g/mol. The van der Waals surface area contributed by atoms with Crippen LogP contribution in [0.5, 0.6) is 0 Å². The highest BCUT2D eigenvalue weighted by atomic mass is 19.4. The minimum atomic E-state index is -4.44. The standard InChI is InChI=1S/C18H22N4O2.C13H12F3N3O2.C5H11NO/c1-13-9-14(2)11-15(10-13)18-19-12-22(20-18)8-5-17(24)21-6-3-16(23)4-7-21;1-8-4-9(6-10(5-8)13(14,15)16)12-17-7-19(18-12)3-2-11(20)21;7-5-1-3-6-4-2-5/h5,8-12,16,23H,3-4,6-7H2,1-2H3;4-7H,2-3H2,1H3,(H,20,21);5-7H,1-4H2/b8-5-;;. The fourth-order valence-corrected chi connectivity index (χ4v) is 5.54. The lowest BCUT2D eigenvalue weighted by molar-refractivity contribution is -0.138. The molecule has 0 bridgehead atoms. The van der Waals surface area contributed by atoms with Gasteiger partial charge in [0, 0.05) is 36.5 Å². The lowest BCUT2D eigenvalue weighted by atomic mass is 10.1. The van der Waals surface area contributed by atoms with Gasteiger partial charge in [0.15, 0.2) is 11.6 Å². The summed E-state index contributed by atoms with van der Waals surface area (Å²) in [7, 11) is 0. The third-order valence-electron chi connectivity index (χ3n) is 8.20. The first-order valence-corrected chi connectivity index (χ1v) is 17.0. The van der Waals surface area contributed by atoms with Crippen molar-refractivity contribution in [1.29, 1.82) is 0 Å². The average Bonchev–Trinajstić information content (AvgIpc) is 3.77. The number of alkyl halides is 3. The van der Waals surface area contributed by atoms with Gasteiger partial charge in [0.05, 0.1) is 30.7 Å². The van der Waals surface area contributed by atoms with E-state index in [9.17, 15) is 27.9 Å². The number of hydrogen-bond donors (Lipinski definition) is 4. The number of aryl methyl sites for hydroxylation is 4. The number of aliphatic carboxylic acids is 1. The van der Waals surface area contributed by atoms with Crippen LogP contribution in [0.1, 0.15) is 54.4 Å². The van der Waals surface area contributed by atoms with Crippen molar-refractivity contribution in [2.45, 2.75) is 77.8 Å². The lowest BCUT2D eigenvalue weighted by Gasteiger charge is -2.28. The van der Waals surface area contributed by atoms with Crippen LogP contribution in [0.25, 0.3) is 29.0 Å². The smallest absolute Gasteiger partial charge is 0.416 e. The van der Waals surface area contributed by atoms with E-state index in [0.717, 1.165) is 43.6 Å². The molecule has 0 radical (unpaired) electrons. The number of carbonyl (C=O) groups is 2. The summed E-state index contributed by atoms with van der Waals surface area (Å²) in [6, 6.07) is 9.76. The zero-order valence-electron chi connectivity index (χ0n) is 29.4. The van der Waals surface area contributed by atoms with Crippen molar-refractivity contribution < 1.29 is 38.1 Å². The van der Waals surface area contributed by atoms with E-state index in [4.69, 9.17) is 10.2 Å². The second kappa shape index (κ2) is 18.5. The first-order chi connectivity index (χ1) is 24.7. The number of nitrogens with one attached hydrogen (secondary N) is 1. The van der Waals surface area contributed by atoms with Crippen molar-refractivity contribution in [2.24, 2.45) is 0 Å². The zero-order valence-corrected chi connectivity index (χ0v) is 29.4. The average molecular weight is 727 g/mol. The third-order valence-corrected chi connectivity index (χ3v) is 8.20. The van der Waals surface area contributed by atoms with Crippen LogP contribution in [0.4, 0.5) is 13.2 Å².